The van der Waals surface area contributed by atoms with Crippen LogP contribution in [0.2, 0.25) is 0 Å². The summed E-state index contributed by atoms with van der Waals surface area (Å²) in [6, 6.07) is -13.1. The van der Waals surface area contributed by atoms with Crippen LogP contribution in [0.5, 0.6) is 11.5 Å². The fraction of sp³-hybridized carbons (Fsp3) is 0.589. The minimum atomic E-state index is -1.97. The number of fused-ring (bicyclic) bond motifs is 3. The molecule has 2 aliphatic heterocycles. The number of aliphatic imine (C=N–C) groups is 1. The Labute approximate surface area is 547 Å². The molecule has 40 nitrogen and oxygen atoms in total. The van der Waals surface area contributed by atoms with Crippen molar-refractivity contribution in [3.05, 3.63) is 18.2 Å². The monoisotopic (exact) mass is 1360 g/mol. The lowest BCUT2D eigenvalue weighted by molar-refractivity contribution is -0.674. The van der Waals surface area contributed by atoms with Gasteiger partial charge in [-0.3, -0.25) is 78.3 Å². The molecule has 12 amide bonds. The first kappa shape index (κ1) is 78.6. The van der Waals surface area contributed by atoms with Crippen LogP contribution in [-0.2, 0) is 62.3 Å². The maximum Gasteiger partial charge on any atom is 0.299 e. The van der Waals surface area contributed by atoms with Gasteiger partial charge < -0.3 is 111 Å². The number of amides is 12. The van der Waals surface area contributed by atoms with Gasteiger partial charge in [0.2, 0.25) is 66.0 Å². The summed E-state index contributed by atoms with van der Waals surface area (Å²) in [5.74, 6) is -13.7. The first-order valence-electron chi connectivity index (χ1n) is 30.5. The number of aliphatic hydroxyl groups excluding tert-OH is 4. The third kappa shape index (κ3) is 23.9. The number of aliphatic hydroxyl groups is 4. The third-order valence-electron chi connectivity index (χ3n) is 15.2. The predicted octanol–water partition coefficient (Wildman–Crippen LogP) is -10.1. The number of aromatic nitrogens is 1. The molecule has 0 radical (unpaired) electrons. The van der Waals surface area contributed by atoms with E-state index in [-0.39, 0.29) is 142 Å². The van der Waals surface area contributed by atoms with Gasteiger partial charge in [0.25, 0.3) is 11.7 Å². The molecular formula is C56H86N18O22. The van der Waals surface area contributed by atoms with E-state index in [4.69, 9.17) is 17.2 Å². The van der Waals surface area contributed by atoms with E-state index in [9.17, 15) is 108 Å². The normalized spacial score (nSPS) is 19.9. The predicted molar refractivity (Wildman–Crippen MR) is 328 cm³/mol. The summed E-state index contributed by atoms with van der Waals surface area (Å²) in [7, 11) is 0. The number of guanidine groups is 1. The fourth-order valence-electron chi connectivity index (χ4n) is 10.0. The number of aromatic hydroxyl groups is 2. The van der Waals surface area contributed by atoms with Gasteiger partial charge in [0.1, 0.15) is 59.5 Å². The fourth-order valence-corrected chi connectivity index (χ4v) is 10.0. The number of carbonyl (C=O) groups excluding carboxylic acids is 13. The third-order valence-corrected chi connectivity index (χ3v) is 15.2. The van der Waals surface area contributed by atoms with Crippen LogP contribution in [0.4, 0.5) is 11.5 Å². The Kier molecular flexibility index (Phi) is 31.5. The van der Waals surface area contributed by atoms with Crippen molar-refractivity contribution in [1.29, 1.82) is 0 Å². The molecular weight excluding hydrogens is 1280 g/mol. The number of nitrogens with zero attached hydrogens (tertiary/aromatic N) is 4. The molecule has 4 rings (SSSR count). The van der Waals surface area contributed by atoms with E-state index in [0.29, 0.717) is 0 Å². The second kappa shape index (κ2) is 38.5. The van der Waals surface area contributed by atoms with Crippen molar-refractivity contribution >= 4 is 106 Å². The van der Waals surface area contributed by atoms with Crippen molar-refractivity contribution in [1.82, 2.24) is 58.0 Å². The van der Waals surface area contributed by atoms with Crippen LogP contribution in [0, 0.1) is 0 Å². The average Bonchev–Trinajstić information content (AvgIpc) is 0.750. The summed E-state index contributed by atoms with van der Waals surface area (Å²) in [5, 5.41) is 122. The standard InChI is InChI=1S/C56H86N18O22/c1-27(79)43-53(91)61-15-4-3-8-31(46(84)65-34(11-7-19-73(96)26-78)49(87)70-44(28(2)80)54(92)71-43)64-47(85)33(10-6-18-72(95)25-77)67-50(88)36(23-75)68-48(86)32(9-5-16-62-56(58)59)66-51(89)37(24-76)69-52(90)38-14-17-60-45-35(63-42(83)13-12-30(57)55(93)94)20-29-21-40(81)41(82)22-39(29)74(38)45/h20-22,25-28,30-34,36-38,43-44,75-76,79-80,95-96H,3-19,23-24,57H2,1-2H3,(H17,58,59,60,61,62,63,64,65,66,67,68,69,70,71,81,82,83,84,85,86,87,88,89,90,91,92,93,94)/t27?,28?,30-,31-,32-,33-,34-,36-,37-,38-,43-,44-/m0/s1. The summed E-state index contributed by atoms with van der Waals surface area (Å²) >= 11 is 0. The van der Waals surface area contributed by atoms with E-state index in [2.05, 4.69) is 63.5 Å². The lowest BCUT2D eigenvalue weighted by atomic mass is 10.0. The molecule has 3 heterocycles. The highest BCUT2D eigenvalue weighted by molar-refractivity contribution is 6.00. The molecule has 2 aliphatic rings. The number of nitrogens with two attached hydrogens (primary N) is 3. The van der Waals surface area contributed by atoms with Crippen molar-refractivity contribution in [3.63, 3.8) is 0 Å². The highest BCUT2D eigenvalue weighted by Crippen LogP contribution is 2.35. The Morgan fingerprint density at radius 2 is 1.26 bits per heavy atom. The van der Waals surface area contributed by atoms with E-state index in [1.165, 1.54) is 17.6 Å². The minimum Gasteiger partial charge on any atom is -0.548 e. The van der Waals surface area contributed by atoms with Crippen molar-refractivity contribution in [2.24, 2.45) is 22.2 Å². The number of carbonyl (C=O) groups is 13. The van der Waals surface area contributed by atoms with Gasteiger partial charge in [0, 0.05) is 56.5 Å². The Bertz CT molecular complexity index is 3140. The summed E-state index contributed by atoms with van der Waals surface area (Å²) in [4.78, 5) is 177. The van der Waals surface area contributed by atoms with Gasteiger partial charge in [-0.15, -0.1) is 0 Å². The largest absolute Gasteiger partial charge is 0.548 e. The quantitative estimate of drug-likeness (QED) is 0.00461. The average molecular weight is 1360 g/mol. The van der Waals surface area contributed by atoms with E-state index in [1.54, 1.807) is 0 Å². The van der Waals surface area contributed by atoms with E-state index in [1.807, 2.05) is 0 Å². The van der Waals surface area contributed by atoms with E-state index in [0.717, 1.165) is 19.1 Å². The minimum absolute atomic E-state index is 0.0214. The van der Waals surface area contributed by atoms with Gasteiger partial charge in [-0.05, 0) is 90.2 Å². The molecule has 1 aromatic carbocycles. The maximum atomic E-state index is 14.4. The van der Waals surface area contributed by atoms with Crippen molar-refractivity contribution in [3.8, 4) is 11.5 Å². The molecule has 1 fully saturated rings. The van der Waals surface area contributed by atoms with Crippen LogP contribution < -0.4 is 85.4 Å². The number of phenolic OH excluding ortho intramolecular Hbond substituents is 2. The molecule has 25 N–H and O–H groups in total. The molecule has 2 aromatic rings. The van der Waals surface area contributed by atoms with Gasteiger partial charge in [0.15, 0.2) is 23.5 Å². The first-order chi connectivity index (χ1) is 45.4. The highest BCUT2D eigenvalue weighted by atomic mass is 16.5. The maximum absolute atomic E-state index is 14.4. The molecule has 0 bridgehead atoms. The number of phenols is 2. The van der Waals surface area contributed by atoms with E-state index < -0.39 is 182 Å². The summed E-state index contributed by atoms with van der Waals surface area (Å²) < 4.78 is 1.33. The number of aliphatic carboxylic acids is 1. The van der Waals surface area contributed by atoms with Crippen LogP contribution in [-0.4, -0.2) is 248 Å². The van der Waals surface area contributed by atoms with Crippen molar-refractivity contribution in [2.75, 3.05) is 56.6 Å². The zero-order valence-electron chi connectivity index (χ0n) is 52.6. The molecule has 1 aromatic heterocycles. The van der Waals surface area contributed by atoms with Gasteiger partial charge in [-0.2, -0.15) is 0 Å². The molecule has 40 heteroatoms. The summed E-state index contributed by atoms with van der Waals surface area (Å²) in [6.07, 6.45) is -5.57. The van der Waals surface area contributed by atoms with E-state index >= 15 is 0 Å². The number of hydroxylamine groups is 4. The topological polar surface area (TPSA) is 640 Å². The number of hydrogen-bond donors (Lipinski definition) is 22. The SMILES string of the molecule is CC(O)[C@@H]1NC(=O)[C@H](CCCN(O)C=O)NC(=O)[C@@H](NC(=O)[C@H](CCCN(O)C=O)NC(=O)[C@H](CO)NC(=O)[C@H](CCCN=C(N)N)NC(=O)[C@H](CO)NC(=O)[C@@H]2CCNc3c(NC(=O)CC[C@H](N)C(=O)[O-])cc4cc(O)c(O)cc4[n+]32)CCCCNC(=O)[C@H](C(C)O)NC1=O. The molecule has 0 spiro atoms. The molecule has 2 unspecified atom stereocenters. The molecule has 0 aliphatic carbocycles. The van der Waals surface area contributed by atoms with Crippen molar-refractivity contribution in [2.45, 2.75) is 164 Å². The number of carboxylic acids is 1. The Morgan fingerprint density at radius 1 is 0.698 bits per heavy atom. The van der Waals surface area contributed by atoms with Crippen LogP contribution in [0.3, 0.4) is 0 Å². The van der Waals surface area contributed by atoms with Gasteiger partial charge >= 0.3 is 0 Å². The molecule has 0 saturated carbocycles. The summed E-state index contributed by atoms with van der Waals surface area (Å²) in [6.45, 7) is -1.02. The molecule has 96 heavy (non-hydrogen) atoms. The van der Waals surface area contributed by atoms with Crippen LogP contribution in [0.15, 0.2) is 23.2 Å². The lowest BCUT2D eigenvalue weighted by Crippen LogP contribution is -2.62. The Balaban J connectivity index is 1.63. The smallest absolute Gasteiger partial charge is 0.299 e. The number of rotatable bonds is 33. The second-order valence-corrected chi connectivity index (χ2v) is 22.7. The molecule has 12 atom stereocenters. The first-order valence-corrected chi connectivity index (χ1v) is 30.5. The zero-order valence-corrected chi connectivity index (χ0v) is 52.6. The number of nitrogens with one attached hydrogen (secondary N) is 11. The Morgan fingerprint density at radius 3 is 1.86 bits per heavy atom. The molecule has 532 valence electrons. The number of pyridine rings is 1. The number of benzene rings is 1. The highest BCUT2D eigenvalue weighted by Gasteiger charge is 2.40. The van der Waals surface area contributed by atoms with Gasteiger partial charge in [0.05, 0.1) is 37.9 Å². The van der Waals surface area contributed by atoms with Crippen LogP contribution >= 0.6 is 0 Å². The number of anilines is 2. The number of carboxylic acid groups (broad SMARTS) is 1. The van der Waals surface area contributed by atoms with Crippen LogP contribution in [0.25, 0.3) is 10.9 Å². The van der Waals surface area contributed by atoms with Gasteiger partial charge in [-0.25, -0.2) is 14.7 Å². The number of hydrogen-bond acceptors (Lipinski definition) is 25. The Hall–Kier alpha value is -9.87. The van der Waals surface area contributed by atoms with Gasteiger partial charge in [-0.1, -0.05) is 0 Å². The molecule has 1 saturated heterocycles. The van der Waals surface area contributed by atoms with Crippen LogP contribution in [0.1, 0.15) is 96.9 Å². The second-order valence-electron chi connectivity index (χ2n) is 22.7. The summed E-state index contributed by atoms with van der Waals surface area (Å²) in [5.41, 5.74) is 16.6. The lowest BCUT2D eigenvalue weighted by Gasteiger charge is -2.29. The van der Waals surface area contributed by atoms with Crippen molar-refractivity contribution < 1.29 is 113 Å². The zero-order chi connectivity index (χ0) is 71.5.